The van der Waals surface area contributed by atoms with E-state index in [1.807, 2.05) is 0 Å². The number of nitrogens with zero attached hydrogens (tertiary/aromatic N) is 1. The van der Waals surface area contributed by atoms with Crippen LogP contribution in [0.25, 0.3) is 0 Å². The van der Waals surface area contributed by atoms with Gasteiger partial charge in [-0.1, -0.05) is 0 Å². The number of piperidine rings is 1. The van der Waals surface area contributed by atoms with Crippen molar-refractivity contribution < 1.29 is 18.0 Å². The number of ketones is 1. The van der Waals surface area contributed by atoms with Crippen LogP contribution in [-0.2, 0) is 4.79 Å². The van der Waals surface area contributed by atoms with E-state index in [2.05, 4.69) is 0 Å². The molecule has 0 amide bonds. The van der Waals surface area contributed by atoms with Gasteiger partial charge in [-0.2, -0.15) is 13.2 Å². The third-order valence-corrected chi connectivity index (χ3v) is 3.63. The van der Waals surface area contributed by atoms with E-state index in [1.165, 1.54) is 0 Å². The van der Waals surface area contributed by atoms with Crippen molar-refractivity contribution in [3.05, 3.63) is 0 Å². The summed E-state index contributed by atoms with van der Waals surface area (Å²) >= 11 is 0. The number of carbonyl (C=O) groups excluding carboxylic acids is 1. The van der Waals surface area contributed by atoms with Crippen LogP contribution in [0.5, 0.6) is 0 Å². The van der Waals surface area contributed by atoms with Crippen LogP contribution in [0.3, 0.4) is 0 Å². The van der Waals surface area contributed by atoms with Crippen molar-refractivity contribution in [1.82, 2.24) is 4.90 Å². The zero-order valence-corrected chi connectivity index (χ0v) is 9.09. The standard InChI is InChI=1S/C11H16F3NO/c12-11(13,14)8-3-2-6-15(7-8)9-4-1-5-10(9)16/h8-9H,1-7H2. The van der Waals surface area contributed by atoms with Gasteiger partial charge in [-0.25, -0.2) is 0 Å². The average Bonchev–Trinajstić information content (AvgIpc) is 2.63. The van der Waals surface area contributed by atoms with Gasteiger partial charge < -0.3 is 0 Å². The first kappa shape index (κ1) is 11.9. The zero-order chi connectivity index (χ0) is 11.8. The molecule has 0 spiro atoms. The predicted molar refractivity (Wildman–Crippen MR) is 53.0 cm³/mol. The molecule has 0 aromatic heterocycles. The van der Waals surface area contributed by atoms with Crippen molar-refractivity contribution in [2.45, 2.75) is 44.3 Å². The molecule has 1 saturated heterocycles. The van der Waals surface area contributed by atoms with Gasteiger partial charge in [0.25, 0.3) is 0 Å². The van der Waals surface area contributed by atoms with Crippen molar-refractivity contribution in [2.75, 3.05) is 13.1 Å². The molecule has 0 radical (unpaired) electrons. The Morgan fingerprint density at radius 2 is 1.94 bits per heavy atom. The maximum Gasteiger partial charge on any atom is 0.393 e. The van der Waals surface area contributed by atoms with Gasteiger partial charge >= 0.3 is 6.18 Å². The summed E-state index contributed by atoms with van der Waals surface area (Å²) in [5.41, 5.74) is 0. The van der Waals surface area contributed by atoms with E-state index in [0.717, 1.165) is 12.8 Å². The highest BCUT2D eigenvalue weighted by atomic mass is 19.4. The van der Waals surface area contributed by atoms with Crippen LogP contribution in [0.2, 0.25) is 0 Å². The Morgan fingerprint density at radius 1 is 1.19 bits per heavy atom. The molecule has 0 N–H and O–H groups in total. The highest BCUT2D eigenvalue weighted by molar-refractivity contribution is 5.85. The lowest BCUT2D eigenvalue weighted by molar-refractivity contribution is -0.188. The van der Waals surface area contributed by atoms with E-state index in [0.29, 0.717) is 19.4 Å². The second-order valence-corrected chi connectivity index (χ2v) is 4.75. The zero-order valence-electron chi connectivity index (χ0n) is 9.09. The normalized spacial score (nSPS) is 33.3. The molecule has 1 saturated carbocycles. The Bertz CT molecular complexity index is 277. The molecular formula is C11H16F3NO. The summed E-state index contributed by atoms with van der Waals surface area (Å²) in [4.78, 5) is 13.3. The third kappa shape index (κ3) is 2.39. The van der Waals surface area contributed by atoms with Crippen molar-refractivity contribution >= 4 is 5.78 Å². The van der Waals surface area contributed by atoms with Crippen LogP contribution in [0.1, 0.15) is 32.1 Å². The fourth-order valence-electron chi connectivity index (χ4n) is 2.74. The Balaban J connectivity index is 1.99. The SMILES string of the molecule is O=C1CCCC1N1CCCC(C(F)(F)F)C1. The number of halogens is 3. The number of rotatable bonds is 1. The summed E-state index contributed by atoms with van der Waals surface area (Å²) in [7, 11) is 0. The number of carbonyl (C=O) groups is 1. The summed E-state index contributed by atoms with van der Waals surface area (Å²) in [5.74, 6) is -1.11. The van der Waals surface area contributed by atoms with Gasteiger partial charge in [0.05, 0.1) is 12.0 Å². The Kier molecular flexibility index (Phi) is 3.24. The molecule has 1 aliphatic heterocycles. The molecule has 0 aromatic rings. The molecule has 16 heavy (non-hydrogen) atoms. The second kappa shape index (κ2) is 4.35. The number of likely N-dealkylation sites (tertiary alicyclic amines) is 1. The van der Waals surface area contributed by atoms with Crippen LogP contribution in [0.15, 0.2) is 0 Å². The molecule has 2 nitrogen and oxygen atoms in total. The maximum absolute atomic E-state index is 12.6. The van der Waals surface area contributed by atoms with E-state index in [9.17, 15) is 18.0 Å². The van der Waals surface area contributed by atoms with Crippen molar-refractivity contribution in [2.24, 2.45) is 5.92 Å². The second-order valence-electron chi connectivity index (χ2n) is 4.75. The summed E-state index contributed by atoms with van der Waals surface area (Å²) < 4.78 is 37.8. The predicted octanol–water partition coefficient (Wildman–Crippen LogP) is 2.38. The number of hydrogen-bond acceptors (Lipinski definition) is 2. The van der Waals surface area contributed by atoms with E-state index in [-0.39, 0.29) is 24.8 Å². The molecule has 2 unspecified atom stereocenters. The third-order valence-electron chi connectivity index (χ3n) is 3.63. The van der Waals surface area contributed by atoms with Crippen molar-refractivity contribution in [1.29, 1.82) is 0 Å². The molecule has 0 bridgehead atoms. The molecule has 5 heteroatoms. The first-order valence-electron chi connectivity index (χ1n) is 5.82. The van der Waals surface area contributed by atoms with Gasteiger partial charge in [0.15, 0.2) is 0 Å². The molecule has 2 aliphatic rings. The largest absolute Gasteiger partial charge is 0.393 e. The lowest BCUT2D eigenvalue weighted by Gasteiger charge is -2.36. The smallest absolute Gasteiger partial charge is 0.298 e. The first-order chi connectivity index (χ1) is 7.48. The topological polar surface area (TPSA) is 20.3 Å². The molecule has 2 fully saturated rings. The molecular weight excluding hydrogens is 219 g/mol. The molecule has 1 aliphatic carbocycles. The van der Waals surface area contributed by atoms with Crippen molar-refractivity contribution in [3.8, 4) is 0 Å². The van der Waals surface area contributed by atoms with Crippen molar-refractivity contribution in [3.63, 3.8) is 0 Å². The summed E-state index contributed by atoms with van der Waals surface area (Å²) in [5, 5.41) is 0. The van der Waals surface area contributed by atoms with Gasteiger partial charge in [0, 0.05) is 13.0 Å². The van der Waals surface area contributed by atoms with Gasteiger partial charge in [0.2, 0.25) is 0 Å². The highest BCUT2D eigenvalue weighted by Crippen LogP contribution is 2.35. The Hall–Kier alpha value is -0.580. The quantitative estimate of drug-likeness (QED) is 0.695. The summed E-state index contributed by atoms with van der Waals surface area (Å²) in [6, 6.07) is -0.231. The molecule has 1 heterocycles. The van der Waals surface area contributed by atoms with Gasteiger partial charge in [-0.3, -0.25) is 9.69 Å². The van der Waals surface area contributed by atoms with Crippen LogP contribution in [-0.4, -0.2) is 36.0 Å². The monoisotopic (exact) mass is 235 g/mol. The fraction of sp³-hybridized carbons (Fsp3) is 0.909. The van der Waals surface area contributed by atoms with Crippen LogP contribution >= 0.6 is 0 Å². The average molecular weight is 235 g/mol. The summed E-state index contributed by atoms with van der Waals surface area (Å²) in [6.07, 6.45) is -1.24. The lowest BCUT2D eigenvalue weighted by atomic mass is 9.95. The molecule has 92 valence electrons. The fourth-order valence-corrected chi connectivity index (χ4v) is 2.74. The number of alkyl halides is 3. The summed E-state index contributed by atoms with van der Waals surface area (Å²) in [6.45, 7) is 0.656. The first-order valence-corrected chi connectivity index (χ1v) is 5.82. The molecule has 2 atom stereocenters. The van der Waals surface area contributed by atoms with Crippen LogP contribution in [0, 0.1) is 5.92 Å². The van der Waals surface area contributed by atoms with Gasteiger partial charge in [-0.05, 0) is 32.2 Å². The Labute approximate surface area is 92.8 Å². The highest BCUT2D eigenvalue weighted by Gasteiger charge is 2.44. The van der Waals surface area contributed by atoms with Crippen LogP contribution in [0.4, 0.5) is 13.2 Å². The minimum Gasteiger partial charge on any atom is -0.298 e. The van der Waals surface area contributed by atoms with Gasteiger partial charge in [-0.15, -0.1) is 0 Å². The van der Waals surface area contributed by atoms with E-state index >= 15 is 0 Å². The van der Waals surface area contributed by atoms with E-state index in [4.69, 9.17) is 0 Å². The molecule has 0 aromatic carbocycles. The minimum absolute atomic E-state index is 0.0138. The molecule has 2 rings (SSSR count). The number of hydrogen-bond donors (Lipinski definition) is 0. The Morgan fingerprint density at radius 3 is 2.50 bits per heavy atom. The maximum atomic E-state index is 12.6. The van der Waals surface area contributed by atoms with Gasteiger partial charge in [0.1, 0.15) is 5.78 Å². The lowest BCUT2D eigenvalue weighted by Crippen LogP contribution is -2.47. The van der Waals surface area contributed by atoms with Crippen LogP contribution < -0.4 is 0 Å². The van der Waals surface area contributed by atoms with E-state index in [1.54, 1.807) is 4.90 Å². The number of Topliss-reactive ketones (excluding diaryl/α,β-unsaturated/α-hetero) is 1. The minimum atomic E-state index is -4.11. The van der Waals surface area contributed by atoms with E-state index < -0.39 is 12.1 Å².